The fourth-order valence-electron chi connectivity index (χ4n) is 1.04. The van der Waals surface area contributed by atoms with Crippen LogP contribution in [0.2, 0.25) is 0 Å². The molecule has 3 heteroatoms. The number of thiophene rings is 1. The van der Waals surface area contributed by atoms with Gasteiger partial charge in [0.15, 0.2) is 0 Å². The third-order valence-corrected chi connectivity index (χ3v) is 3.64. The van der Waals surface area contributed by atoms with Crippen molar-refractivity contribution < 1.29 is 0 Å². The molecular weight excluding hydrogens is 186 g/mol. The van der Waals surface area contributed by atoms with Gasteiger partial charge < -0.3 is 5.73 Å². The zero-order chi connectivity index (χ0) is 9.14. The summed E-state index contributed by atoms with van der Waals surface area (Å²) in [5, 5.41) is 2.08. The molecule has 2 N–H and O–H groups in total. The maximum atomic E-state index is 5.58. The third kappa shape index (κ3) is 2.05. The van der Waals surface area contributed by atoms with Crippen molar-refractivity contribution in [2.24, 2.45) is 11.7 Å². The van der Waals surface area contributed by atoms with Gasteiger partial charge in [-0.15, -0.1) is 11.3 Å². The van der Waals surface area contributed by atoms with E-state index in [9.17, 15) is 0 Å². The molecule has 2 unspecified atom stereocenters. The molecule has 1 rings (SSSR count). The van der Waals surface area contributed by atoms with Crippen LogP contribution in [0.4, 0.5) is 0 Å². The molecule has 66 valence electrons. The molecule has 1 aromatic heterocycles. The van der Waals surface area contributed by atoms with Crippen molar-refractivity contribution in [1.82, 2.24) is 0 Å². The predicted molar refractivity (Wildman–Crippen MR) is 58.7 cm³/mol. The van der Waals surface area contributed by atoms with E-state index < -0.39 is 0 Å². The van der Waals surface area contributed by atoms with E-state index >= 15 is 0 Å². The van der Waals surface area contributed by atoms with E-state index in [4.69, 9.17) is 18.0 Å². The van der Waals surface area contributed by atoms with Crippen LogP contribution in [0.5, 0.6) is 0 Å². The first kappa shape index (κ1) is 9.68. The predicted octanol–water partition coefficient (Wildman–Crippen LogP) is 2.77. The SMILES string of the molecule is CC(C(N)=S)C(C)c1cccs1. The number of hydrogen-bond donors (Lipinski definition) is 1. The van der Waals surface area contributed by atoms with E-state index in [2.05, 4.69) is 31.4 Å². The molecule has 0 saturated heterocycles. The fraction of sp³-hybridized carbons (Fsp3) is 0.444. The van der Waals surface area contributed by atoms with E-state index in [1.54, 1.807) is 11.3 Å². The van der Waals surface area contributed by atoms with E-state index in [1.807, 2.05) is 0 Å². The summed E-state index contributed by atoms with van der Waals surface area (Å²) in [6.07, 6.45) is 0. The molecule has 1 heterocycles. The standard InChI is InChI=1S/C9H13NS2/c1-6(7(2)9(10)11)8-4-3-5-12-8/h3-7H,1-2H3,(H2,10,11). The maximum Gasteiger partial charge on any atom is 0.0762 e. The van der Waals surface area contributed by atoms with Gasteiger partial charge in [0.05, 0.1) is 4.99 Å². The Kier molecular flexibility index (Phi) is 3.23. The smallest absolute Gasteiger partial charge is 0.0762 e. The van der Waals surface area contributed by atoms with Crippen molar-refractivity contribution in [3.05, 3.63) is 22.4 Å². The average Bonchev–Trinajstić information content (AvgIpc) is 2.53. The first-order chi connectivity index (χ1) is 5.63. The second-order valence-electron chi connectivity index (χ2n) is 3.00. The van der Waals surface area contributed by atoms with Crippen LogP contribution in [0.3, 0.4) is 0 Å². The first-order valence-corrected chi connectivity index (χ1v) is 5.24. The van der Waals surface area contributed by atoms with Gasteiger partial charge in [-0.25, -0.2) is 0 Å². The molecule has 0 amide bonds. The highest BCUT2D eigenvalue weighted by atomic mass is 32.1. The number of hydrogen-bond acceptors (Lipinski definition) is 2. The van der Waals surface area contributed by atoms with E-state index in [-0.39, 0.29) is 0 Å². The molecule has 0 saturated carbocycles. The third-order valence-electron chi connectivity index (χ3n) is 2.19. The van der Waals surface area contributed by atoms with Crippen molar-refractivity contribution in [3.63, 3.8) is 0 Å². The molecule has 0 spiro atoms. The van der Waals surface area contributed by atoms with Gasteiger partial charge in [0, 0.05) is 10.8 Å². The minimum Gasteiger partial charge on any atom is -0.393 e. The van der Waals surface area contributed by atoms with Crippen LogP contribution in [0.15, 0.2) is 17.5 Å². The zero-order valence-electron chi connectivity index (χ0n) is 7.28. The Labute approximate surface area is 82.6 Å². The molecule has 12 heavy (non-hydrogen) atoms. The minimum absolute atomic E-state index is 0.290. The van der Waals surface area contributed by atoms with Crippen molar-refractivity contribution in [2.45, 2.75) is 19.8 Å². The lowest BCUT2D eigenvalue weighted by molar-refractivity contribution is 0.637. The summed E-state index contributed by atoms with van der Waals surface area (Å²) in [5.74, 6) is 0.737. The summed E-state index contributed by atoms with van der Waals surface area (Å²) in [7, 11) is 0. The first-order valence-electron chi connectivity index (χ1n) is 3.95. The molecule has 0 fully saturated rings. The van der Waals surface area contributed by atoms with Crippen molar-refractivity contribution in [3.8, 4) is 0 Å². The van der Waals surface area contributed by atoms with E-state index in [0.717, 1.165) is 0 Å². The van der Waals surface area contributed by atoms with Gasteiger partial charge in [-0.1, -0.05) is 32.1 Å². The van der Waals surface area contributed by atoms with Gasteiger partial charge in [-0.05, 0) is 17.4 Å². The Morgan fingerprint density at radius 1 is 1.58 bits per heavy atom. The molecule has 0 aromatic carbocycles. The maximum absolute atomic E-state index is 5.58. The van der Waals surface area contributed by atoms with Gasteiger partial charge >= 0.3 is 0 Å². The fourth-order valence-corrected chi connectivity index (χ4v) is 2.14. The summed E-state index contributed by atoms with van der Waals surface area (Å²) < 4.78 is 0. The quantitative estimate of drug-likeness (QED) is 0.758. The Hall–Kier alpha value is -0.410. The van der Waals surface area contributed by atoms with Crippen LogP contribution in [0.1, 0.15) is 24.6 Å². The van der Waals surface area contributed by atoms with E-state index in [1.165, 1.54) is 4.88 Å². The second-order valence-corrected chi connectivity index (χ2v) is 4.45. The van der Waals surface area contributed by atoms with Crippen LogP contribution in [-0.2, 0) is 0 Å². The Morgan fingerprint density at radius 3 is 2.67 bits per heavy atom. The molecule has 0 aliphatic heterocycles. The van der Waals surface area contributed by atoms with Crippen LogP contribution in [0, 0.1) is 5.92 Å². The lowest BCUT2D eigenvalue weighted by Crippen LogP contribution is -2.22. The molecule has 0 aliphatic rings. The van der Waals surface area contributed by atoms with E-state index in [0.29, 0.717) is 16.8 Å². The summed E-state index contributed by atoms with van der Waals surface area (Å²) in [6, 6.07) is 4.19. The highest BCUT2D eigenvalue weighted by molar-refractivity contribution is 7.80. The van der Waals surface area contributed by atoms with Gasteiger partial charge in [0.2, 0.25) is 0 Å². The van der Waals surface area contributed by atoms with Crippen molar-refractivity contribution in [2.75, 3.05) is 0 Å². The summed E-state index contributed by atoms with van der Waals surface area (Å²) in [6.45, 7) is 4.24. The van der Waals surface area contributed by atoms with Crippen molar-refractivity contribution >= 4 is 28.5 Å². The van der Waals surface area contributed by atoms with Gasteiger partial charge in [0.1, 0.15) is 0 Å². The molecule has 0 bridgehead atoms. The largest absolute Gasteiger partial charge is 0.393 e. The summed E-state index contributed by atoms with van der Waals surface area (Å²) in [5.41, 5.74) is 5.58. The van der Waals surface area contributed by atoms with Crippen LogP contribution in [-0.4, -0.2) is 4.99 Å². The van der Waals surface area contributed by atoms with Gasteiger partial charge in [0.25, 0.3) is 0 Å². The number of nitrogens with two attached hydrogens (primary N) is 1. The lowest BCUT2D eigenvalue weighted by Gasteiger charge is -2.16. The summed E-state index contributed by atoms with van der Waals surface area (Å²) >= 11 is 6.71. The molecule has 1 aromatic rings. The van der Waals surface area contributed by atoms with Crippen LogP contribution in [0.25, 0.3) is 0 Å². The highest BCUT2D eigenvalue weighted by Crippen LogP contribution is 2.27. The topological polar surface area (TPSA) is 26.0 Å². The number of thiocarbonyl (C=S) groups is 1. The Morgan fingerprint density at radius 2 is 2.25 bits per heavy atom. The molecule has 0 radical (unpaired) electrons. The molecule has 1 nitrogen and oxygen atoms in total. The van der Waals surface area contributed by atoms with Crippen LogP contribution < -0.4 is 5.73 Å². The average molecular weight is 199 g/mol. The van der Waals surface area contributed by atoms with Crippen LogP contribution >= 0.6 is 23.6 Å². The van der Waals surface area contributed by atoms with Crippen molar-refractivity contribution in [1.29, 1.82) is 0 Å². The normalized spacial score (nSPS) is 15.5. The Bertz CT molecular complexity index is 254. The second kappa shape index (κ2) is 4.01. The monoisotopic (exact) mass is 199 g/mol. The number of rotatable bonds is 3. The summed E-state index contributed by atoms with van der Waals surface area (Å²) in [4.78, 5) is 1.96. The zero-order valence-corrected chi connectivity index (χ0v) is 8.91. The van der Waals surface area contributed by atoms with Gasteiger partial charge in [-0.2, -0.15) is 0 Å². The Balaban J connectivity index is 2.71. The lowest BCUT2D eigenvalue weighted by atomic mass is 9.95. The molecule has 2 atom stereocenters. The molecular formula is C9H13NS2. The van der Waals surface area contributed by atoms with Gasteiger partial charge in [-0.3, -0.25) is 0 Å². The molecule has 0 aliphatic carbocycles. The highest BCUT2D eigenvalue weighted by Gasteiger charge is 2.16. The minimum atomic E-state index is 0.290.